The number of anilines is 1. The molecule has 1 fully saturated rings. The summed E-state index contributed by atoms with van der Waals surface area (Å²) in [5, 5.41) is 0.801. The largest absolute Gasteiger partial charge is 0.356 e. The predicted octanol–water partition coefficient (Wildman–Crippen LogP) is 3.54. The molecule has 1 aromatic carbocycles. The van der Waals surface area contributed by atoms with E-state index in [4.69, 9.17) is 0 Å². The molecule has 0 atom stereocenters. The molecule has 19 heavy (non-hydrogen) atoms. The average Bonchev–Trinajstić information content (AvgIpc) is 2.47. The van der Waals surface area contributed by atoms with Gasteiger partial charge < -0.3 is 4.90 Å². The van der Waals surface area contributed by atoms with Crippen molar-refractivity contribution in [1.29, 1.82) is 0 Å². The van der Waals surface area contributed by atoms with Gasteiger partial charge >= 0.3 is 0 Å². The SMILES string of the molecule is CN(c1ncnc2c(F)cccc12)C1CCCCC1. The Morgan fingerprint density at radius 1 is 1.16 bits per heavy atom. The van der Waals surface area contributed by atoms with E-state index in [1.54, 1.807) is 6.07 Å². The first-order chi connectivity index (χ1) is 9.27. The number of hydrogen-bond donors (Lipinski definition) is 0. The smallest absolute Gasteiger partial charge is 0.149 e. The lowest BCUT2D eigenvalue weighted by molar-refractivity contribution is 0.426. The molecule has 3 rings (SSSR count). The van der Waals surface area contributed by atoms with Gasteiger partial charge in [-0.25, -0.2) is 14.4 Å². The molecule has 1 aliphatic rings. The zero-order chi connectivity index (χ0) is 13.2. The Kier molecular flexibility index (Phi) is 3.32. The number of halogens is 1. The van der Waals surface area contributed by atoms with Crippen LogP contribution >= 0.6 is 0 Å². The summed E-state index contributed by atoms with van der Waals surface area (Å²) in [6.07, 6.45) is 7.71. The fourth-order valence-corrected chi connectivity index (χ4v) is 2.96. The molecule has 100 valence electrons. The van der Waals surface area contributed by atoms with Crippen molar-refractivity contribution in [2.24, 2.45) is 0 Å². The van der Waals surface area contributed by atoms with Gasteiger partial charge in [0.05, 0.1) is 0 Å². The van der Waals surface area contributed by atoms with E-state index in [9.17, 15) is 4.39 Å². The first-order valence-electron chi connectivity index (χ1n) is 6.89. The van der Waals surface area contributed by atoms with Gasteiger partial charge in [0.15, 0.2) is 0 Å². The van der Waals surface area contributed by atoms with Gasteiger partial charge in [-0.05, 0) is 25.0 Å². The van der Waals surface area contributed by atoms with Crippen molar-refractivity contribution in [1.82, 2.24) is 9.97 Å². The summed E-state index contributed by atoms with van der Waals surface area (Å²) in [5.74, 6) is 0.564. The molecule has 0 amide bonds. The molecule has 1 heterocycles. The Morgan fingerprint density at radius 3 is 2.74 bits per heavy atom. The van der Waals surface area contributed by atoms with Crippen LogP contribution in [0.1, 0.15) is 32.1 Å². The Hall–Kier alpha value is -1.71. The van der Waals surface area contributed by atoms with Crippen molar-refractivity contribution in [2.45, 2.75) is 38.1 Å². The van der Waals surface area contributed by atoms with Gasteiger partial charge in [0.25, 0.3) is 0 Å². The van der Waals surface area contributed by atoms with Gasteiger partial charge in [-0.3, -0.25) is 0 Å². The van der Waals surface area contributed by atoms with E-state index in [1.807, 2.05) is 6.07 Å². The first kappa shape index (κ1) is 12.3. The predicted molar refractivity (Wildman–Crippen MR) is 74.8 cm³/mol. The van der Waals surface area contributed by atoms with E-state index in [1.165, 1.54) is 44.5 Å². The summed E-state index contributed by atoms with van der Waals surface area (Å²) >= 11 is 0. The van der Waals surface area contributed by atoms with E-state index in [0.29, 0.717) is 11.6 Å². The molecule has 1 aliphatic carbocycles. The van der Waals surface area contributed by atoms with Crippen molar-refractivity contribution < 1.29 is 4.39 Å². The summed E-state index contributed by atoms with van der Waals surface area (Å²) in [6, 6.07) is 5.57. The molecular weight excluding hydrogens is 241 g/mol. The van der Waals surface area contributed by atoms with Crippen LogP contribution in [0, 0.1) is 5.82 Å². The van der Waals surface area contributed by atoms with Gasteiger partial charge in [-0.1, -0.05) is 25.3 Å². The quantitative estimate of drug-likeness (QED) is 0.826. The van der Waals surface area contributed by atoms with Gasteiger partial charge in [0.2, 0.25) is 0 Å². The number of benzene rings is 1. The lowest BCUT2D eigenvalue weighted by atomic mass is 9.94. The van der Waals surface area contributed by atoms with E-state index in [-0.39, 0.29) is 5.82 Å². The van der Waals surface area contributed by atoms with Crippen LogP contribution in [0.15, 0.2) is 24.5 Å². The van der Waals surface area contributed by atoms with Crippen molar-refractivity contribution >= 4 is 16.7 Å². The zero-order valence-electron chi connectivity index (χ0n) is 11.1. The molecule has 1 saturated carbocycles. The molecule has 0 aliphatic heterocycles. The van der Waals surface area contributed by atoms with Crippen LogP contribution < -0.4 is 4.90 Å². The molecule has 0 N–H and O–H groups in total. The lowest BCUT2D eigenvalue weighted by Gasteiger charge is -2.32. The van der Waals surface area contributed by atoms with Gasteiger partial charge in [-0.15, -0.1) is 0 Å². The minimum Gasteiger partial charge on any atom is -0.356 e. The minimum atomic E-state index is -0.279. The molecule has 1 aromatic heterocycles. The number of fused-ring (bicyclic) bond motifs is 1. The topological polar surface area (TPSA) is 29.0 Å². The van der Waals surface area contributed by atoms with Crippen LogP contribution in [0.25, 0.3) is 10.9 Å². The third-order valence-electron chi connectivity index (χ3n) is 4.05. The lowest BCUT2D eigenvalue weighted by Crippen LogP contribution is -2.34. The number of nitrogens with zero attached hydrogens (tertiary/aromatic N) is 3. The first-order valence-corrected chi connectivity index (χ1v) is 6.89. The van der Waals surface area contributed by atoms with E-state index in [2.05, 4.69) is 21.9 Å². The Bertz CT molecular complexity index is 579. The maximum atomic E-state index is 13.8. The van der Waals surface area contributed by atoms with E-state index >= 15 is 0 Å². The maximum absolute atomic E-state index is 13.8. The van der Waals surface area contributed by atoms with Crippen LogP contribution in [0.3, 0.4) is 0 Å². The molecule has 3 nitrogen and oxygen atoms in total. The third kappa shape index (κ3) is 2.27. The monoisotopic (exact) mass is 259 g/mol. The summed E-state index contributed by atoms with van der Waals surface area (Å²) < 4.78 is 13.8. The van der Waals surface area contributed by atoms with Gasteiger partial charge in [-0.2, -0.15) is 0 Å². The number of rotatable bonds is 2. The normalized spacial score (nSPS) is 16.7. The minimum absolute atomic E-state index is 0.279. The number of para-hydroxylation sites is 1. The molecule has 0 unspecified atom stereocenters. The highest BCUT2D eigenvalue weighted by atomic mass is 19.1. The number of aromatic nitrogens is 2. The Morgan fingerprint density at radius 2 is 1.95 bits per heavy atom. The van der Waals surface area contributed by atoms with Crippen LogP contribution in [-0.4, -0.2) is 23.1 Å². The standard InChI is InChI=1S/C15H18FN3/c1-19(11-6-3-2-4-7-11)15-12-8-5-9-13(16)14(12)17-10-18-15/h5,8-11H,2-4,6-7H2,1H3. The fourth-order valence-electron chi connectivity index (χ4n) is 2.96. The average molecular weight is 259 g/mol. The molecule has 0 radical (unpaired) electrons. The second kappa shape index (κ2) is 5.11. The molecule has 2 aromatic rings. The second-order valence-electron chi connectivity index (χ2n) is 5.24. The van der Waals surface area contributed by atoms with Crippen molar-refractivity contribution in [3.05, 3.63) is 30.3 Å². The van der Waals surface area contributed by atoms with E-state index < -0.39 is 0 Å². The highest BCUT2D eigenvalue weighted by Gasteiger charge is 2.21. The van der Waals surface area contributed by atoms with Crippen LogP contribution in [0.5, 0.6) is 0 Å². The van der Waals surface area contributed by atoms with Crippen LogP contribution in [0.4, 0.5) is 10.2 Å². The van der Waals surface area contributed by atoms with Gasteiger partial charge in [0, 0.05) is 18.5 Å². The molecular formula is C15H18FN3. The zero-order valence-corrected chi connectivity index (χ0v) is 11.1. The Labute approximate surface area is 112 Å². The summed E-state index contributed by atoms with van der Waals surface area (Å²) in [5.41, 5.74) is 0.412. The van der Waals surface area contributed by atoms with Crippen LogP contribution in [-0.2, 0) is 0 Å². The summed E-state index contributed by atoms with van der Waals surface area (Å²) in [6.45, 7) is 0. The molecule has 0 bridgehead atoms. The summed E-state index contributed by atoms with van der Waals surface area (Å²) in [4.78, 5) is 10.6. The van der Waals surface area contributed by atoms with E-state index in [0.717, 1.165) is 11.2 Å². The molecule has 0 spiro atoms. The van der Waals surface area contributed by atoms with Crippen molar-refractivity contribution in [3.63, 3.8) is 0 Å². The maximum Gasteiger partial charge on any atom is 0.149 e. The Balaban J connectivity index is 2.02. The highest BCUT2D eigenvalue weighted by Crippen LogP contribution is 2.29. The second-order valence-corrected chi connectivity index (χ2v) is 5.24. The number of hydrogen-bond acceptors (Lipinski definition) is 3. The third-order valence-corrected chi connectivity index (χ3v) is 4.05. The van der Waals surface area contributed by atoms with Crippen LogP contribution in [0.2, 0.25) is 0 Å². The van der Waals surface area contributed by atoms with Crippen molar-refractivity contribution in [3.8, 4) is 0 Å². The fraction of sp³-hybridized carbons (Fsp3) is 0.467. The summed E-state index contributed by atoms with van der Waals surface area (Å²) in [7, 11) is 2.06. The van der Waals surface area contributed by atoms with Gasteiger partial charge in [0.1, 0.15) is 23.5 Å². The highest BCUT2D eigenvalue weighted by molar-refractivity contribution is 5.89. The molecule has 4 heteroatoms. The van der Waals surface area contributed by atoms with Crippen molar-refractivity contribution in [2.75, 3.05) is 11.9 Å². The molecule has 0 saturated heterocycles.